The van der Waals surface area contributed by atoms with Crippen molar-refractivity contribution in [1.29, 1.82) is 0 Å². The number of hydrogen-bond donors (Lipinski definition) is 0. The van der Waals surface area contributed by atoms with Crippen LogP contribution in [0.15, 0.2) is 54.6 Å². The van der Waals surface area contributed by atoms with Crippen molar-refractivity contribution < 1.29 is 46.5 Å². The van der Waals surface area contributed by atoms with Gasteiger partial charge in [0.25, 0.3) is 0 Å². The third-order valence-corrected chi connectivity index (χ3v) is 6.13. The maximum Gasteiger partial charge on any atom is 4.00 e. The summed E-state index contributed by atoms with van der Waals surface area (Å²) in [5.74, 6) is 0. The summed E-state index contributed by atoms with van der Waals surface area (Å²) in [4.78, 5) is 0. The van der Waals surface area contributed by atoms with Crippen LogP contribution in [-0.4, -0.2) is 8.80 Å². The Morgan fingerprint density at radius 1 is 0.739 bits per heavy atom. The van der Waals surface area contributed by atoms with Gasteiger partial charge in [-0.15, -0.1) is 0 Å². The monoisotopic (exact) mass is 391 g/mol. The summed E-state index contributed by atoms with van der Waals surface area (Å²) in [7, 11) is -0.369. The molecule has 0 heterocycles. The first kappa shape index (κ1) is 20.5. The van der Waals surface area contributed by atoms with E-state index in [1.807, 2.05) is 0 Å². The first-order valence-electron chi connectivity index (χ1n) is 7.19. The normalized spacial score (nSPS) is 15.0. The Balaban J connectivity index is 0.000000882. The fraction of sp³-hybridized carbons (Fsp3) is 0.158. The molecule has 113 valence electrons. The van der Waals surface area contributed by atoms with E-state index in [4.69, 9.17) is 0 Å². The molecule has 23 heavy (non-hydrogen) atoms. The van der Waals surface area contributed by atoms with Gasteiger partial charge in [-0.1, -0.05) is 73.8 Å². The van der Waals surface area contributed by atoms with E-state index in [1.165, 1.54) is 27.1 Å². The zero-order valence-electron chi connectivity index (χ0n) is 13.1. The molecule has 0 saturated carbocycles. The van der Waals surface area contributed by atoms with Crippen molar-refractivity contribution in [1.82, 2.24) is 0 Å². The van der Waals surface area contributed by atoms with Crippen molar-refractivity contribution in [2.24, 2.45) is 0 Å². The number of halogens is 2. The van der Waals surface area contributed by atoms with Crippen LogP contribution in [0.25, 0.3) is 27.6 Å². The minimum atomic E-state index is -0.369. The second kappa shape index (κ2) is 8.00. The maximum absolute atomic E-state index is 2.43. The third kappa shape index (κ3) is 3.18. The Bertz CT molecular complexity index is 858. The van der Waals surface area contributed by atoms with E-state index in [2.05, 4.69) is 73.8 Å². The summed E-state index contributed by atoms with van der Waals surface area (Å²) in [6, 6.07) is 17.7. The maximum atomic E-state index is 2.43. The van der Waals surface area contributed by atoms with Crippen molar-refractivity contribution in [2.45, 2.75) is 18.6 Å². The molecule has 0 fully saturated rings. The van der Waals surface area contributed by atoms with Gasteiger partial charge in [0.1, 0.15) is 0 Å². The van der Waals surface area contributed by atoms with E-state index < -0.39 is 0 Å². The molecular weight excluding hydrogens is 375 g/mol. The Labute approximate surface area is 166 Å². The van der Waals surface area contributed by atoms with Gasteiger partial charge < -0.3 is 24.8 Å². The molecule has 1 atom stereocenters. The van der Waals surface area contributed by atoms with E-state index in [1.54, 1.807) is 5.56 Å². The number of hydrogen-bond acceptors (Lipinski definition) is 0. The second-order valence-electron chi connectivity index (χ2n) is 5.83. The quantitative estimate of drug-likeness (QED) is 0.384. The van der Waals surface area contributed by atoms with Crippen molar-refractivity contribution in [2.75, 3.05) is 0 Å². The molecule has 0 nitrogen and oxygen atoms in total. The second-order valence-corrected chi connectivity index (χ2v) is 8.61. The molecule has 1 aliphatic carbocycles. The zero-order chi connectivity index (χ0) is 13.7. The molecule has 0 spiro atoms. The summed E-state index contributed by atoms with van der Waals surface area (Å²) in [5.41, 5.74) is 3.66. The van der Waals surface area contributed by atoms with E-state index in [9.17, 15) is 0 Å². The number of benzene rings is 3. The predicted octanol–water partition coefficient (Wildman–Crippen LogP) is -0.597. The minimum Gasteiger partial charge on any atom is -1.00 e. The molecule has 4 heteroatoms. The molecule has 3 aromatic rings. The number of rotatable bonds is 1. The zero-order valence-corrected chi connectivity index (χ0v) is 17.2. The Morgan fingerprint density at radius 3 is 1.78 bits per heavy atom. The van der Waals surface area contributed by atoms with Crippen molar-refractivity contribution in [3.8, 4) is 0 Å². The molecule has 0 saturated heterocycles. The van der Waals surface area contributed by atoms with Gasteiger partial charge in [-0.05, 0) is 38.2 Å². The van der Waals surface area contributed by atoms with Crippen LogP contribution in [0.5, 0.6) is 0 Å². The minimum absolute atomic E-state index is 0. The van der Waals surface area contributed by atoms with E-state index in [0.29, 0.717) is 5.54 Å². The molecule has 4 rings (SSSR count). The summed E-state index contributed by atoms with van der Waals surface area (Å²) in [6.07, 6.45) is 4.78. The molecular formula is C19H17Cl2SiTi+2. The average Bonchev–Trinajstić information content (AvgIpc) is 2.93. The summed E-state index contributed by atoms with van der Waals surface area (Å²) in [5, 5.41) is 5.64. The van der Waals surface area contributed by atoms with E-state index in [0.717, 1.165) is 0 Å². The number of allylic oxidation sites excluding steroid dienone is 1. The van der Waals surface area contributed by atoms with Crippen LogP contribution in [0.1, 0.15) is 16.7 Å². The Kier molecular flexibility index (Phi) is 7.13. The van der Waals surface area contributed by atoms with Crippen LogP contribution in [0, 0.1) is 0 Å². The molecule has 0 N–H and O–H groups in total. The first-order chi connectivity index (χ1) is 9.77. The van der Waals surface area contributed by atoms with E-state index in [-0.39, 0.29) is 55.3 Å². The third-order valence-electron chi connectivity index (χ3n) is 4.40. The molecule has 0 bridgehead atoms. The smallest absolute Gasteiger partial charge is 1.00 e. The van der Waals surface area contributed by atoms with E-state index >= 15 is 0 Å². The van der Waals surface area contributed by atoms with Crippen molar-refractivity contribution in [3.63, 3.8) is 0 Å². The summed E-state index contributed by atoms with van der Waals surface area (Å²) in [6.45, 7) is 4.83. The van der Waals surface area contributed by atoms with Gasteiger partial charge in [-0.25, -0.2) is 0 Å². The molecule has 1 unspecified atom stereocenters. The Hall–Kier alpha value is -0.569. The molecule has 1 aliphatic rings. The molecule has 0 amide bonds. The SMILES string of the molecule is C[Si](C)C1C=Cc2c1c1ccccc1c1ccccc21.[Cl-].[Cl-].[Ti+4]. The first-order valence-corrected chi connectivity index (χ1v) is 9.76. The van der Waals surface area contributed by atoms with Gasteiger partial charge in [-0.3, -0.25) is 0 Å². The number of fused-ring (bicyclic) bond motifs is 6. The van der Waals surface area contributed by atoms with Gasteiger partial charge in [-0.2, -0.15) is 0 Å². The van der Waals surface area contributed by atoms with Crippen LogP contribution >= 0.6 is 0 Å². The molecule has 0 aromatic heterocycles. The standard InChI is InChI=1S/C19H17Si.2ClH.Ti/c1-20(2)18-12-11-17-15-9-4-3-7-13(15)14-8-5-6-10-16(14)19(17)18;;;/h3-12,18H,1-2H3;2*1H;/q;;;+4/p-2. The fourth-order valence-corrected chi connectivity index (χ4v) is 4.85. The predicted molar refractivity (Wildman–Crippen MR) is 90.7 cm³/mol. The topological polar surface area (TPSA) is 0 Å². The molecule has 0 aliphatic heterocycles. The Morgan fingerprint density at radius 2 is 1.22 bits per heavy atom. The van der Waals surface area contributed by atoms with Gasteiger partial charge >= 0.3 is 21.7 Å². The van der Waals surface area contributed by atoms with Gasteiger partial charge in [0, 0.05) is 0 Å². The van der Waals surface area contributed by atoms with Gasteiger partial charge in [0.15, 0.2) is 0 Å². The molecule has 1 radical (unpaired) electrons. The van der Waals surface area contributed by atoms with Crippen molar-refractivity contribution >= 4 is 36.4 Å². The van der Waals surface area contributed by atoms with Crippen LogP contribution in [0.2, 0.25) is 13.1 Å². The van der Waals surface area contributed by atoms with Crippen LogP contribution < -0.4 is 24.8 Å². The summed E-state index contributed by atoms with van der Waals surface area (Å²) < 4.78 is 0. The van der Waals surface area contributed by atoms with Crippen molar-refractivity contribution in [3.05, 3.63) is 65.7 Å². The summed E-state index contributed by atoms with van der Waals surface area (Å²) >= 11 is 0. The average molecular weight is 392 g/mol. The largest absolute Gasteiger partial charge is 4.00 e. The van der Waals surface area contributed by atoms with Crippen LogP contribution in [0.3, 0.4) is 0 Å². The fourth-order valence-electron chi connectivity index (χ4n) is 3.48. The van der Waals surface area contributed by atoms with Gasteiger partial charge in [0.2, 0.25) is 0 Å². The molecule has 3 aromatic carbocycles. The van der Waals surface area contributed by atoms with Crippen LogP contribution in [-0.2, 0) is 21.7 Å². The van der Waals surface area contributed by atoms with Crippen LogP contribution in [0.4, 0.5) is 0 Å². The van der Waals surface area contributed by atoms with Gasteiger partial charge in [0.05, 0.1) is 8.80 Å².